The third-order valence-corrected chi connectivity index (χ3v) is 5.28. The lowest BCUT2D eigenvalue weighted by Gasteiger charge is -2.24. The van der Waals surface area contributed by atoms with Gasteiger partial charge in [0.15, 0.2) is 11.5 Å². The second kappa shape index (κ2) is 6.94. The van der Waals surface area contributed by atoms with Crippen LogP contribution in [0.15, 0.2) is 18.2 Å². The third-order valence-electron chi connectivity index (χ3n) is 5.28. The molecule has 2 fully saturated rings. The number of benzene rings is 1. The average molecular weight is 344 g/mol. The van der Waals surface area contributed by atoms with Crippen molar-refractivity contribution in [2.45, 2.75) is 44.6 Å². The number of rotatable bonds is 3. The minimum atomic E-state index is -0.275. The van der Waals surface area contributed by atoms with E-state index in [1.54, 1.807) is 4.90 Å². The molecular formula is C19H24N2O4. The van der Waals surface area contributed by atoms with Gasteiger partial charge in [0, 0.05) is 30.8 Å². The Hall–Kier alpha value is -2.24. The van der Waals surface area contributed by atoms with E-state index in [0.29, 0.717) is 31.3 Å². The number of carbonyl (C=O) groups is 2. The van der Waals surface area contributed by atoms with Gasteiger partial charge in [-0.2, -0.15) is 0 Å². The predicted molar refractivity (Wildman–Crippen MR) is 92.9 cm³/mol. The molecule has 25 heavy (non-hydrogen) atoms. The first-order chi connectivity index (χ1) is 12.2. The first-order valence-corrected chi connectivity index (χ1v) is 9.21. The van der Waals surface area contributed by atoms with Gasteiger partial charge in [-0.1, -0.05) is 19.3 Å². The standard InChI is InChI=1S/C19H24N2O4/c22-18-10-13(19(23)20-14-4-2-1-3-5-14)12-21(18)15-6-7-16-17(11-15)25-9-8-24-16/h6-7,11,13-14H,1-5,8-10,12H2,(H,20,23). The number of amides is 2. The summed E-state index contributed by atoms with van der Waals surface area (Å²) in [5, 5.41) is 3.14. The number of anilines is 1. The van der Waals surface area contributed by atoms with Crippen LogP contribution in [0.2, 0.25) is 0 Å². The minimum absolute atomic E-state index is 0.0135. The van der Waals surface area contributed by atoms with Crippen LogP contribution < -0.4 is 19.7 Å². The van der Waals surface area contributed by atoms with Crippen LogP contribution in [-0.2, 0) is 9.59 Å². The second-order valence-corrected chi connectivity index (χ2v) is 7.08. The zero-order valence-electron chi connectivity index (χ0n) is 14.3. The van der Waals surface area contributed by atoms with Gasteiger partial charge < -0.3 is 19.7 Å². The van der Waals surface area contributed by atoms with Gasteiger partial charge in [0.25, 0.3) is 0 Å². The molecule has 1 N–H and O–H groups in total. The van der Waals surface area contributed by atoms with Crippen LogP contribution in [0.25, 0.3) is 0 Å². The van der Waals surface area contributed by atoms with Crippen molar-refractivity contribution >= 4 is 17.5 Å². The number of nitrogens with zero attached hydrogens (tertiary/aromatic N) is 1. The number of fused-ring (bicyclic) bond motifs is 1. The molecule has 0 bridgehead atoms. The maximum atomic E-state index is 12.5. The molecule has 1 saturated carbocycles. The SMILES string of the molecule is O=C(NC1CCCCC1)C1CC(=O)N(c2ccc3c(c2)OCCO3)C1. The van der Waals surface area contributed by atoms with Gasteiger partial charge in [0.2, 0.25) is 11.8 Å². The molecule has 3 aliphatic rings. The fourth-order valence-electron chi connectivity index (χ4n) is 3.90. The summed E-state index contributed by atoms with van der Waals surface area (Å²) in [4.78, 5) is 26.6. The molecule has 2 aliphatic heterocycles. The average Bonchev–Trinajstić information content (AvgIpc) is 3.04. The van der Waals surface area contributed by atoms with E-state index in [2.05, 4.69) is 5.32 Å². The van der Waals surface area contributed by atoms with Gasteiger partial charge in [0.05, 0.1) is 5.92 Å². The van der Waals surface area contributed by atoms with Gasteiger partial charge in [0.1, 0.15) is 13.2 Å². The van der Waals surface area contributed by atoms with Crippen molar-refractivity contribution in [1.29, 1.82) is 0 Å². The summed E-state index contributed by atoms with van der Waals surface area (Å²) in [5.74, 6) is 1.09. The Kier molecular flexibility index (Phi) is 4.51. The van der Waals surface area contributed by atoms with Crippen LogP contribution >= 0.6 is 0 Å². The molecule has 1 aromatic carbocycles. The molecule has 6 nitrogen and oxygen atoms in total. The Morgan fingerprint density at radius 1 is 1.08 bits per heavy atom. The number of hydrogen-bond acceptors (Lipinski definition) is 4. The van der Waals surface area contributed by atoms with Gasteiger partial charge in [-0.15, -0.1) is 0 Å². The molecular weight excluding hydrogens is 320 g/mol. The molecule has 6 heteroatoms. The molecule has 2 heterocycles. The lowest BCUT2D eigenvalue weighted by atomic mass is 9.95. The lowest BCUT2D eigenvalue weighted by molar-refractivity contribution is -0.127. The number of nitrogens with one attached hydrogen (secondary N) is 1. The van der Waals surface area contributed by atoms with Crippen LogP contribution in [0.3, 0.4) is 0 Å². The van der Waals surface area contributed by atoms with Crippen molar-refractivity contribution in [3.05, 3.63) is 18.2 Å². The molecule has 1 saturated heterocycles. The molecule has 0 spiro atoms. The Balaban J connectivity index is 1.42. The summed E-state index contributed by atoms with van der Waals surface area (Å²) in [6.45, 7) is 1.48. The van der Waals surface area contributed by atoms with Crippen molar-refractivity contribution in [3.63, 3.8) is 0 Å². The van der Waals surface area contributed by atoms with E-state index in [4.69, 9.17) is 9.47 Å². The highest BCUT2D eigenvalue weighted by molar-refractivity contribution is 6.00. The quantitative estimate of drug-likeness (QED) is 0.913. The molecule has 1 aliphatic carbocycles. The molecule has 1 unspecified atom stereocenters. The van der Waals surface area contributed by atoms with Crippen LogP contribution in [0.4, 0.5) is 5.69 Å². The van der Waals surface area contributed by atoms with Gasteiger partial charge >= 0.3 is 0 Å². The van der Waals surface area contributed by atoms with E-state index in [9.17, 15) is 9.59 Å². The highest BCUT2D eigenvalue weighted by atomic mass is 16.6. The first kappa shape index (κ1) is 16.2. The van der Waals surface area contributed by atoms with Gasteiger partial charge in [-0.25, -0.2) is 0 Å². The summed E-state index contributed by atoms with van der Waals surface area (Å²) < 4.78 is 11.1. The maximum absolute atomic E-state index is 12.5. The minimum Gasteiger partial charge on any atom is -0.486 e. The summed E-state index contributed by atoms with van der Waals surface area (Å²) in [6, 6.07) is 5.78. The Bertz CT molecular complexity index is 669. The topological polar surface area (TPSA) is 67.9 Å². The van der Waals surface area contributed by atoms with Crippen molar-refractivity contribution in [1.82, 2.24) is 5.32 Å². The highest BCUT2D eigenvalue weighted by Gasteiger charge is 2.36. The third kappa shape index (κ3) is 3.43. The van der Waals surface area contributed by atoms with Crippen molar-refractivity contribution in [2.75, 3.05) is 24.7 Å². The van der Waals surface area contributed by atoms with Crippen LogP contribution in [0, 0.1) is 5.92 Å². The molecule has 1 atom stereocenters. The van der Waals surface area contributed by atoms with Crippen LogP contribution in [0.1, 0.15) is 38.5 Å². The molecule has 0 aromatic heterocycles. The molecule has 1 aromatic rings. The van der Waals surface area contributed by atoms with Gasteiger partial charge in [-0.05, 0) is 25.0 Å². The zero-order valence-corrected chi connectivity index (χ0v) is 14.3. The normalized spacial score (nSPS) is 23.6. The highest BCUT2D eigenvalue weighted by Crippen LogP contribution is 2.36. The van der Waals surface area contributed by atoms with E-state index < -0.39 is 0 Å². The monoisotopic (exact) mass is 344 g/mol. The van der Waals surface area contributed by atoms with E-state index >= 15 is 0 Å². The summed E-state index contributed by atoms with van der Waals surface area (Å²) in [7, 11) is 0. The predicted octanol–water partition coefficient (Wildman–Crippen LogP) is 2.26. The number of hydrogen-bond donors (Lipinski definition) is 1. The summed E-state index contributed by atoms with van der Waals surface area (Å²) >= 11 is 0. The lowest BCUT2D eigenvalue weighted by Crippen LogP contribution is -2.40. The fraction of sp³-hybridized carbons (Fsp3) is 0.579. The number of ether oxygens (including phenoxy) is 2. The Labute approximate surface area is 147 Å². The van der Waals surface area contributed by atoms with E-state index in [1.165, 1.54) is 19.3 Å². The van der Waals surface area contributed by atoms with Crippen molar-refractivity contribution < 1.29 is 19.1 Å². The Morgan fingerprint density at radius 3 is 2.64 bits per heavy atom. The van der Waals surface area contributed by atoms with Gasteiger partial charge in [-0.3, -0.25) is 9.59 Å². The molecule has 134 valence electrons. The van der Waals surface area contributed by atoms with Crippen LogP contribution in [0.5, 0.6) is 11.5 Å². The van der Waals surface area contributed by atoms with E-state index in [0.717, 1.165) is 18.5 Å². The zero-order chi connectivity index (χ0) is 17.2. The van der Waals surface area contributed by atoms with Crippen molar-refractivity contribution in [3.8, 4) is 11.5 Å². The first-order valence-electron chi connectivity index (χ1n) is 9.21. The molecule has 4 rings (SSSR count). The number of carbonyl (C=O) groups excluding carboxylic acids is 2. The second-order valence-electron chi connectivity index (χ2n) is 7.08. The molecule has 0 radical (unpaired) electrons. The van der Waals surface area contributed by atoms with E-state index in [-0.39, 0.29) is 30.2 Å². The van der Waals surface area contributed by atoms with E-state index in [1.807, 2.05) is 18.2 Å². The summed E-state index contributed by atoms with van der Waals surface area (Å²) in [6.07, 6.45) is 5.99. The van der Waals surface area contributed by atoms with Crippen molar-refractivity contribution in [2.24, 2.45) is 5.92 Å². The summed E-state index contributed by atoms with van der Waals surface area (Å²) in [5.41, 5.74) is 0.766. The fourth-order valence-corrected chi connectivity index (χ4v) is 3.90. The molecule has 2 amide bonds. The Morgan fingerprint density at radius 2 is 1.84 bits per heavy atom. The smallest absolute Gasteiger partial charge is 0.227 e. The maximum Gasteiger partial charge on any atom is 0.227 e. The van der Waals surface area contributed by atoms with Crippen LogP contribution in [-0.4, -0.2) is 37.6 Å². The largest absolute Gasteiger partial charge is 0.486 e.